The van der Waals surface area contributed by atoms with Gasteiger partial charge >= 0.3 is 5.97 Å². The maximum Gasteiger partial charge on any atom is 0.335 e. The number of aromatic carboxylic acids is 1. The first-order chi connectivity index (χ1) is 15.1. The number of carboxylic acids is 1. The topological polar surface area (TPSA) is 80.9 Å². The van der Waals surface area contributed by atoms with Crippen LogP contribution in [0.5, 0.6) is 5.75 Å². The van der Waals surface area contributed by atoms with E-state index in [-0.39, 0.29) is 17.7 Å². The highest BCUT2D eigenvalue weighted by Gasteiger charge is 2.10. The highest BCUT2D eigenvalue weighted by atomic mass is 32.1. The van der Waals surface area contributed by atoms with Crippen LogP contribution in [-0.4, -0.2) is 20.5 Å². The van der Waals surface area contributed by atoms with Crippen molar-refractivity contribution in [3.63, 3.8) is 0 Å². The number of imidazole rings is 1. The summed E-state index contributed by atoms with van der Waals surface area (Å²) in [7, 11) is 0. The van der Waals surface area contributed by atoms with Crippen molar-refractivity contribution in [1.29, 1.82) is 0 Å². The van der Waals surface area contributed by atoms with Crippen LogP contribution in [0.25, 0.3) is 22.1 Å². The van der Waals surface area contributed by atoms with E-state index in [0.717, 1.165) is 22.2 Å². The molecule has 5 aromatic rings. The maximum atomic E-state index is 12.9. The molecule has 0 radical (unpaired) electrons. The average Bonchev–Trinajstić information content (AvgIpc) is 3.29. The Hall–Kier alpha value is -3.97. The van der Waals surface area contributed by atoms with Crippen LogP contribution in [0.15, 0.2) is 77.6 Å². The lowest BCUT2D eigenvalue weighted by atomic mass is 10.1. The van der Waals surface area contributed by atoms with Crippen molar-refractivity contribution >= 4 is 39.4 Å². The van der Waals surface area contributed by atoms with E-state index in [1.165, 1.54) is 11.3 Å². The number of thiazole rings is 1. The summed E-state index contributed by atoms with van der Waals surface area (Å²) < 4.78 is 8.07. The number of aromatic nitrogens is 2. The third-order valence-electron chi connectivity index (χ3n) is 4.88. The normalized spacial score (nSPS) is 11.9. The molecule has 1 N–H and O–H groups in total. The van der Waals surface area contributed by atoms with Crippen molar-refractivity contribution in [2.24, 2.45) is 0 Å². The number of fused-ring (bicyclic) bond motifs is 3. The van der Waals surface area contributed by atoms with Gasteiger partial charge in [0.2, 0.25) is 0 Å². The molecule has 0 aliphatic rings. The molecule has 0 amide bonds. The fraction of sp³-hybridized carbons (Fsp3) is 0.0417. The van der Waals surface area contributed by atoms with Crippen LogP contribution in [-0.2, 0) is 6.61 Å². The molecule has 7 heteroatoms. The van der Waals surface area contributed by atoms with Crippen LogP contribution in [0.2, 0.25) is 0 Å². The largest absolute Gasteiger partial charge is 0.489 e. The number of carboxylic acid groups (broad SMARTS) is 1. The monoisotopic (exact) mass is 428 g/mol. The molecule has 3 aromatic carbocycles. The lowest BCUT2D eigenvalue weighted by Gasteiger charge is -2.07. The van der Waals surface area contributed by atoms with Gasteiger partial charge in [0, 0.05) is 0 Å². The fourth-order valence-electron chi connectivity index (χ4n) is 3.42. The number of benzene rings is 3. The first-order valence-electron chi connectivity index (χ1n) is 9.55. The summed E-state index contributed by atoms with van der Waals surface area (Å²) in [6, 6.07) is 21.7. The quantitative estimate of drug-likeness (QED) is 0.461. The van der Waals surface area contributed by atoms with E-state index in [4.69, 9.17) is 9.84 Å². The Balaban J connectivity index is 1.43. The zero-order chi connectivity index (χ0) is 21.4. The summed E-state index contributed by atoms with van der Waals surface area (Å²) in [5.41, 5.74) is 3.34. The van der Waals surface area contributed by atoms with Crippen LogP contribution >= 0.6 is 11.3 Å². The number of para-hydroxylation sites is 2. The van der Waals surface area contributed by atoms with Crippen molar-refractivity contribution in [3.05, 3.63) is 104 Å². The van der Waals surface area contributed by atoms with Gasteiger partial charge in [0.25, 0.3) is 5.56 Å². The maximum absolute atomic E-state index is 12.9. The molecule has 0 fully saturated rings. The van der Waals surface area contributed by atoms with Gasteiger partial charge in [-0.15, -0.1) is 0 Å². The van der Waals surface area contributed by atoms with Gasteiger partial charge in [0.05, 0.1) is 21.1 Å². The fourth-order valence-corrected chi connectivity index (χ4v) is 4.41. The Bertz CT molecular complexity index is 1550. The molecule has 0 saturated heterocycles. The van der Waals surface area contributed by atoms with E-state index >= 15 is 0 Å². The first-order valence-corrected chi connectivity index (χ1v) is 10.4. The van der Waals surface area contributed by atoms with Gasteiger partial charge in [0.15, 0.2) is 4.96 Å². The standard InChI is InChI=1S/C24H16N2O4S/c27-22-21(31-24-25-19-9-1-2-10-20(19)26(22)24)13-15-5-4-8-18(12-15)30-14-16-6-3-7-17(11-16)23(28)29/h1-13H,14H2,(H,28,29)/b21-13+. The van der Waals surface area contributed by atoms with Gasteiger partial charge in [-0.2, -0.15) is 0 Å². The van der Waals surface area contributed by atoms with Gasteiger partial charge in [-0.25, -0.2) is 14.2 Å². The Morgan fingerprint density at radius 1 is 1.06 bits per heavy atom. The molecule has 2 heterocycles. The Morgan fingerprint density at radius 3 is 2.77 bits per heavy atom. The van der Waals surface area contributed by atoms with Crippen LogP contribution in [0.3, 0.4) is 0 Å². The van der Waals surface area contributed by atoms with Crippen molar-refractivity contribution in [3.8, 4) is 5.75 Å². The van der Waals surface area contributed by atoms with E-state index in [1.807, 2.05) is 60.7 Å². The second-order valence-electron chi connectivity index (χ2n) is 7.00. The van der Waals surface area contributed by atoms with Gasteiger partial charge in [-0.05, 0) is 53.6 Å². The molecule has 31 heavy (non-hydrogen) atoms. The molecule has 152 valence electrons. The number of carbonyl (C=O) groups is 1. The van der Waals surface area contributed by atoms with E-state index in [2.05, 4.69) is 4.98 Å². The number of hydrogen-bond donors (Lipinski definition) is 1. The molecular weight excluding hydrogens is 412 g/mol. The summed E-state index contributed by atoms with van der Waals surface area (Å²) in [5.74, 6) is -0.337. The average molecular weight is 428 g/mol. The Kier molecular flexibility index (Phi) is 4.72. The molecule has 6 nitrogen and oxygen atoms in total. The van der Waals surface area contributed by atoms with E-state index in [9.17, 15) is 9.59 Å². The summed E-state index contributed by atoms with van der Waals surface area (Å²) in [6.07, 6.45) is 1.83. The lowest BCUT2D eigenvalue weighted by Crippen LogP contribution is -2.22. The highest BCUT2D eigenvalue weighted by Crippen LogP contribution is 2.18. The number of rotatable bonds is 5. The van der Waals surface area contributed by atoms with E-state index < -0.39 is 5.97 Å². The zero-order valence-electron chi connectivity index (χ0n) is 16.2. The third-order valence-corrected chi connectivity index (χ3v) is 5.85. The van der Waals surface area contributed by atoms with Crippen LogP contribution in [0, 0.1) is 0 Å². The van der Waals surface area contributed by atoms with E-state index in [1.54, 1.807) is 22.6 Å². The summed E-state index contributed by atoms with van der Waals surface area (Å²) >= 11 is 1.35. The smallest absolute Gasteiger partial charge is 0.335 e. The summed E-state index contributed by atoms with van der Waals surface area (Å²) in [5, 5.41) is 9.11. The van der Waals surface area contributed by atoms with Crippen LogP contribution in [0.4, 0.5) is 0 Å². The minimum atomic E-state index is -0.970. The second-order valence-corrected chi connectivity index (χ2v) is 8.01. The molecule has 0 atom stereocenters. The molecule has 2 aromatic heterocycles. The predicted octanol–water partition coefficient (Wildman–Crippen LogP) is 3.73. The first kappa shape index (κ1) is 19.0. The molecule has 0 unspecified atom stereocenters. The predicted molar refractivity (Wildman–Crippen MR) is 120 cm³/mol. The number of hydrogen-bond acceptors (Lipinski definition) is 5. The number of nitrogens with zero attached hydrogens (tertiary/aromatic N) is 2. The molecule has 0 aliphatic carbocycles. The minimum absolute atomic E-state index is 0.0921. The van der Waals surface area contributed by atoms with Crippen molar-refractivity contribution in [1.82, 2.24) is 9.38 Å². The van der Waals surface area contributed by atoms with Crippen LogP contribution < -0.4 is 14.8 Å². The molecular formula is C24H16N2O4S. The molecule has 0 saturated carbocycles. The van der Waals surface area contributed by atoms with Gasteiger partial charge in [-0.1, -0.05) is 47.7 Å². The van der Waals surface area contributed by atoms with Gasteiger partial charge in [-0.3, -0.25) is 4.79 Å². The Morgan fingerprint density at radius 2 is 1.90 bits per heavy atom. The Labute approximate surface area is 180 Å². The van der Waals surface area contributed by atoms with E-state index in [0.29, 0.717) is 15.2 Å². The third kappa shape index (κ3) is 3.67. The van der Waals surface area contributed by atoms with Crippen molar-refractivity contribution < 1.29 is 14.6 Å². The molecule has 0 aliphatic heterocycles. The molecule has 5 rings (SSSR count). The minimum Gasteiger partial charge on any atom is -0.489 e. The van der Waals surface area contributed by atoms with Crippen molar-refractivity contribution in [2.75, 3.05) is 0 Å². The van der Waals surface area contributed by atoms with Crippen LogP contribution in [0.1, 0.15) is 21.5 Å². The second kappa shape index (κ2) is 7.70. The highest BCUT2D eigenvalue weighted by molar-refractivity contribution is 7.15. The SMILES string of the molecule is O=C(O)c1cccc(COc2cccc(/C=c3/sc4nc5ccccc5n4c3=O)c2)c1. The zero-order valence-corrected chi connectivity index (χ0v) is 17.0. The summed E-state index contributed by atoms with van der Waals surface area (Å²) in [6.45, 7) is 0.246. The van der Waals surface area contributed by atoms with Gasteiger partial charge in [0.1, 0.15) is 12.4 Å². The van der Waals surface area contributed by atoms with Crippen molar-refractivity contribution in [2.45, 2.75) is 6.61 Å². The lowest BCUT2D eigenvalue weighted by molar-refractivity contribution is 0.0696. The van der Waals surface area contributed by atoms with Gasteiger partial charge < -0.3 is 9.84 Å². The summed E-state index contributed by atoms with van der Waals surface area (Å²) in [4.78, 5) is 29.2. The molecule has 0 bridgehead atoms. The molecule has 0 spiro atoms. The number of ether oxygens (including phenoxy) is 1.